The van der Waals surface area contributed by atoms with Gasteiger partial charge in [0.15, 0.2) is 11.5 Å². The van der Waals surface area contributed by atoms with Crippen molar-refractivity contribution in [2.24, 2.45) is 5.92 Å². The van der Waals surface area contributed by atoms with Gasteiger partial charge in [0.05, 0.1) is 0 Å². The molecule has 1 fully saturated rings. The highest BCUT2D eigenvalue weighted by atomic mass is 16.6. The number of benzene rings is 1. The van der Waals surface area contributed by atoms with E-state index in [4.69, 9.17) is 9.47 Å². The fourth-order valence-electron chi connectivity index (χ4n) is 4.57. The van der Waals surface area contributed by atoms with Crippen molar-refractivity contribution in [2.45, 2.75) is 38.0 Å². The minimum absolute atomic E-state index is 0.501. The predicted molar refractivity (Wildman–Crippen MR) is 102 cm³/mol. The zero-order valence-electron chi connectivity index (χ0n) is 14.9. The lowest BCUT2D eigenvalue weighted by atomic mass is 9.81. The molecular formula is C22H24N2O2. The molecule has 1 unspecified atom stereocenters. The lowest BCUT2D eigenvalue weighted by molar-refractivity contribution is 0.171. The number of pyridine rings is 1. The van der Waals surface area contributed by atoms with Crippen molar-refractivity contribution in [3.8, 4) is 11.5 Å². The van der Waals surface area contributed by atoms with Crippen LogP contribution in [0.1, 0.15) is 42.9 Å². The molecule has 1 atom stereocenters. The van der Waals surface area contributed by atoms with Gasteiger partial charge in [0.25, 0.3) is 0 Å². The average Bonchev–Trinajstić information content (AvgIpc) is 3.35. The first-order valence-electron chi connectivity index (χ1n) is 9.69. The quantitative estimate of drug-likeness (QED) is 0.733. The van der Waals surface area contributed by atoms with Crippen molar-refractivity contribution >= 4 is 11.0 Å². The number of nitrogens with zero attached hydrogens (tertiary/aromatic N) is 1. The van der Waals surface area contributed by atoms with Crippen molar-refractivity contribution in [3.63, 3.8) is 0 Å². The zero-order chi connectivity index (χ0) is 17.3. The Bertz CT molecular complexity index is 878. The van der Waals surface area contributed by atoms with E-state index in [1.165, 1.54) is 42.3 Å². The topological polar surface area (TPSA) is 47.1 Å². The molecule has 5 rings (SSSR count). The van der Waals surface area contributed by atoms with E-state index in [-0.39, 0.29) is 0 Å². The number of aromatic nitrogens is 2. The van der Waals surface area contributed by atoms with Crippen LogP contribution in [-0.2, 0) is 6.42 Å². The number of aromatic amines is 1. The van der Waals surface area contributed by atoms with Crippen molar-refractivity contribution in [2.75, 3.05) is 13.2 Å². The Morgan fingerprint density at radius 2 is 1.88 bits per heavy atom. The number of H-pyrrole nitrogens is 1. The van der Waals surface area contributed by atoms with Crippen LogP contribution in [0.25, 0.3) is 11.0 Å². The van der Waals surface area contributed by atoms with Crippen LogP contribution >= 0.6 is 0 Å². The van der Waals surface area contributed by atoms with Crippen LogP contribution in [-0.4, -0.2) is 23.2 Å². The number of hydrogen-bond acceptors (Lipinski definition) is 3. The molecule has 0 saturated heterocycles. The first-order valence-corrected chi connectivity index (χ1v) is 9.69. The Morgan fingerprint density at radius 3 is 2.73 bits per heavy atom. The lowest BCUT2D eigenvalue weighted by Crippen LogP contribution is -2.17. The molecule has 1 aromatic carbocycles. The fourth-order valence-corrected chi connectivity index (χ4v) is 4.57. The number of hydrogen-bond donors (Lipinski definition) is 1. The number of nitrogens with one attached hydrogen (secondary N) is 1. The third-order valence-corrected chi connectivity index (χ3v) is 5.85. The van der Waals surface area contributed by atoms with Gasteiger partial charge in [0.2, 0.25) is 0 Å². The van der Waals surface area contributed by atoms with Gasteiger partial charge in [-0.3, -0.25) is 0 Å². The molecule has 3 aromatic rings. The van der Waals surface area contributed by atoms with Gasteiger partial charge < -0.3 is 14.5 Å². The highest BCUT2D eigenvalue weighted by molar-refractivity contribution is 5.76. The van der Waals surface area contributed by atoms with E-state index in [1.807, 2.05) is 12.3 Å². The second kappa shape index (κ2) is 6.67. The van der Waals surface area contributed by atoms with E-state index in [2.05, 4.69) is 40.3 Å². The predicted octanol–water partition coefficient (Wildman–Crippen LogP) is 4.85. The summed E-state index contributed by atoms with van der Waals surface area (Å²) in [4.78, 5) is 7.96. The second-order valence-corrected chi connectivity index (χ2v) is 7.49. The lowest BCUT2D eigenvalue weighted by Gasteiger charge is -2.26. The number of rotatable bonds is 4. The number of ether oxygens (including phenoxy) is 2. The van der Waals surface area contributed by atoms with E-state index in [1.54, 1.807) is 0 Å². The highest BCUT2D eigenvalue weighted by Crippen LogP contribution is 2.42. The smallest absolute Gasteiger partial charge is 0.161 e. The van der Waals surface area contributed by atoms with Gasteiger partial charge >= 0.3 is 0 Å². The SMILES string of the molecule is c1cnc2[nH]c(CC(c3ccc4c(c3)OCCO4)C3CCCC3)cc2c1. The zero-order valence-corrected chi connectivity index (χ0v) is 14.9. The summed E-state index contributed by atoms with van der Waals surface area (Å²) in [5.74, 6) is 3.01. The molecule has 1 saturated carbocycles. The van der Waals surface area contributed by atoms with Gasteiger partial charge in [-0.05, 0) is 67.0 Å². The molecule has 1 aliphatic heterocycles. The largest absolute Gasteiger partial charge is 0.486 e. The summed E-state index contributed by atoms with van der Waals surface area (Å²) >= 11 is 0. The van der Waals surface area contributed by atoms with E-state index in [0.717, 1.165) is 29.5 Å². The van der Waals surface area contributed by atoms with E-state index < -0.39 is 0 Å². The summed E-state index contributed by atoms with van der Waals surface area (Å²) < 4.78 is 11.5. The van der Waals surface area contributed by atoms with Crippen LogP contribution in [0.15, 0.2) is 42.6 Å². The van der Waals surface area contributed by atoms with Gasteiger partial charge in [-0.1, -0.05) is 18.9 Å². The Labute approximate surface area is 153 Å². The first kappa shape index (κ1) is 15.7. The Balaban J connectivity index is 1.48. The van der Waals surface area contributed by atoms with Gasteiger partial charge in [-0.15, -0.1) is 0 Å². The van der Waals surface area contributed by atoms with Crippen LogP contribution in [0, 0.1) is 5.92 Å². The summed E-state index contributed by atoms with van der Waals surface area (Å²) in [5, 5.41) is 1.19. The summed E-state index contributed by atoms with van der Waals surface area (Å²) in [5.41, 5.74) is 3.62. The van der Waals surface area contributed by atoms with Gasteiger partial charge in [0, 0.05) is 17.3 Å². The Hall–Kier alpha value is -2.49. The third kappa shape index (κ3) is 2.94. The molecule has 2 aliphatic rings. The van der Waals surface area contributed by atoms with Crippen molar-refractivity contribution in [3.05, 3.63) is 53.9 Å². The molecule has 0 radical (unpaired) electrons. The standard InChI is InChI=1S/C22H24N2O2/c1-2-5-15(4-1)19(14-18-12-17-6-3-9-23-22(17)24-18)16-7-8-20-21(13-16)26-11-10-25-20/h3,6-9,12-13,15,19H,1-2,4-5,10-11,14H2,(H,23,24). The minimum atomic E-state index is 0.501. The van der Waals surface area contributed by atoms with Gasteiger partial charge in [-0.25, -0.2) is 4.98 Å². The number of fused-ring (bicyclic) bond motifs is 2. The Morgan fingerprint density at radius 1 is 1.04 bits per heavy atom. The minimum Gasteiger partial charge on any atom is -0.486 e. The first-order chi connectivity index (χ1) is 12.9. The second-order valence-electron chi connectivity index (χ2n) is 7.49. The maximum atomic E-state index is 5.83. The molecule has 3 heterocycles. The molecule has 1 N–H and O–H groups in total. The maximum absolute atomic E-state index is 5.83. The van der Waals surface area contributed by atoms with Crippen molar-refractivity contribution in [1.29, 1.82) is 0 Å². The summed E-state index contributed by atoms with van der Waals surface area (Å²) in [6.07, 6.45) is 8.19. The monoisotopic (exact) mass is 348 g/mol. The van der Waals surface area contributed by atoms with Crippen LogP contribution in [0.2, 0.25) is 0 Å². The molecule has 0 spiro atoms. The normalized spacial score (nSPS) is 18.3. The molecule has 0 amide bonds. The van der Waals surface area contributed by atoms with Crippen molar-refractivity contribution in [1.82, 2.24) is 9.97 Å². The summed E-state index contributed by atoms with van der Waals surface area (Å²) in [6, 6.07) is 12.9. The van der Waals surface area contributed by atoms with Gasteiger partial charge in [-0.2, -0.15) is 0 Å². The summed E-state index contributed by atoms with van der Waals surface area (Å²) in [6.45, 7) is 1.28. The van der Waals surface area contributed by atoms with Crippen LogP contribution in [0.5, 0.6) is 11.5 Å². The van der Waals surface area contributed by atoms with Crippen LogP contribution in [0.4, 0.5) is 0 Å². The van der Waals surface area contributed by atoms with Crippen molar-refractivity contribution < 1.29 is 9.47 Å². The third-order valence-electron chi connectivity index (χ3n) is 5.85. The fraction of sp³-hybridized carbons (Fsp3) is 0.409. The maximum Gasteiger partial charge on any atom is 0.161 e. The average molecular weight is 348 g/mol. The Kier molecular flexibility index (Phi) is 4.04. The van der Waals surface area contributed by atoms with E-state index >= 15 is 0 Å². The van der Waals surface area contributed by atoms with Crippen LogP contribution in [0.3, 0.4) is 0 Å². The molecule has 0 bridgehead atoms. The molecule has 1 aliphatic carbocycles. The van der Waals surface area contributed by atoms with Crippen LogP contribution < -0.4 is 9.47 Å². The van der Waals surface area contributed by atoms with Gasteiger partial charge in [0.1, 0.15) is 18.9 Å². The molecule has 2 aromatic heterocycles. The van der Waals surface area contributed by atoms with E-state index in [9.17, 15) is 0 Å². The molecule has 4 nitrogen and oxygen atoms in total. The molecule has 134 valence electrons. The van der Waals surface area contributed by atoms with E-state index in [0.29, 0.717) is 19.1 Å². The highest BCUT2D eigenvalue weighted by Gasteiger charge is 2.28. The molecule has 26 heavy (non-hydrogen) atoms. The summed E-state index contributed by atoms with van der Waals surface area (Å²) in [7, 11) is 0. The molecule has 4 heteroatoms. The molecular weight excluding hydrogens is 324 g/mol.